The van der Waals surface area contributed by atoms with Crippen molar-refractivity contribution in [2.45, 2.75) is 5.16 Å². The van der Waals surface area contributed by atoms with Gasteiger partial charge in [0.15, 0.2) is 5.16 Å². The molecule has 0 atom stereocenters. The third-order valence-electron chi connectivity index (χ3n) is 2.38. The van der Waals surface area contributed by atoms with Crippen molar-refractivity contribution in [3.05, 3.63) is 38.4 Å². The molecule has 2 N–H and O–H groups in total. The number of para-hydroxylation sites is 1. The highest BCUT2D eigenvalue weighted by Gasteiger charge is 2.29. The summed E-state index contributed by atoms with van der Waals surface area (Å²) in [6.45, 7) is 0. The van der Waals surface area contributed by atoms with Crippen LogP contribution in [-0.4, -0.2) is 30.9 Å². The fourth-order valence-electron chi connectivity index (χ4n) is 1.62. The Balaban J connectivity index is 2.82. The van der Waals surface area contributed by atoms with Gasteiger partial charge in [-0.05, 0) is 12.3 Å². The van der Waals surface area contributed by atoms with Gasteiger partial charge in [0.1, 0.15) is 0 Å². The average Bonchev–Trinajstić information content (AvgIpc) is 2.78. The van der Waals surface area contributed by atoms with Crippen LogP contribution < -0.4 is 5.73 Å². The van der Waals surface area contributed by atoms with Crippen LogP contribution >= 0.6 is 11.8 Å². The molecule has 0 saturated heterocycles. The van der Waals surface area contributed by atoms with Gasteiger partial charge in [0, 0.05) is 12.1 Å². The minimum Gasteiger partial charge on any atom is -0.366 e. The lowest BCUT2D eigenvalue weighted by atomic mass is 10.2. The van der Waals surface area contributed by atoms with Gasteiger partial charge < -0.3 is 5.73 Å². The second-order valence-electron chi connectivity index (χ2n) is 3.53. The molecule has 1 aromatic heterocycles. The summed E-state index contributed by atoms with van der Waals surface area (Å²) in [5.74, 6) is -0.123. The molecule has 0 fully saturated rings. The van der Waals surface area contributed by atoms with E-state index in [-0.39, 0.29) is 16.8 Å². The number of hydrogen-bond donors (Lipinski definition) is 1. The number of hydrogen-bond acceptors (Lipinski definition) is 8. The quantitative estimate of drug-likeness (QED) is 0.506. The molecule has 20 heavy (non-hydrogen) atoms. The molecule has 104 valence electrons. The van der Waals surface area contributed by atoms with Crippen molar-refractivity contribution in [2.24, 2.45) is 0 Å². The summed E-state index contributed by atoms with van der Waals surface area (Å²) in [6, 6.07) is 3.55. The van der Waals surface area contributed by atoms with Gasteiger partial charge in [0.25, 0.3) is 0 Å². The summed E-state index contributed by atoms with van der Waals surface area (Å²) in [4.78, 5) is 24.5. The van der Waals surface area contributed by atoms with Gasteiger partial charge in [0.05, 0.1) is 9.85 Å². The lowest BCUT2D eigenvalue weighted by Gasteiger charge is -2.05. The van der Waals surface area contributed by atoms with Crippen LogP contribution in [0.25, 0.3) is 5.69 Å². The number of nitrogens with zero attached hydrogens (tertiary/aromatic N) is 5. The first-order valence-corrected chi connectivity index (χ1v) is 6.37. The fraction of sp³-hybridized carbons (Fsp3) is 0.111. The van der Waals surface area contributed by atoms with Crippen LogP contribution in [0.2, 0.25) is 0 Å². The first kappa shape index (κ1) is 13.7. The second kappa shape index (κ2) is 5.13. The summed E-state index contributed by atoms with van der Waals surface area (Å²) in [5, 5.41) is 26.1. The standard InChI is InChI=1S/C9H8N6O4S/c1-20-9-11-8(10)12-13(9)7-5(14(16)17)3-2-4-6(7)15(18)19/h2-4H,1H3,(H2,10,12). The van der Waals surface area contributed by atoms with E-state index in [2.05, 4.69) is 10.1 Å². The molecule has 0 amide bonds. The zero-order valence-corrected chi connectivity index (χ0v) is 10.9. The Morgan fingerprint density at radius 2 is 1.80 bits per heavy atom. The smallest absolute Gasteiger partial charge is 0.302 e. The van der Waals surface area contributed by atoms with Crippen molar-refractivity contribution in [2.75, 3.05) is 12.0 Å². The predicted octanol–water partition coefficient (Wildman–Crippen LogP) is 1.39. The van der Waals surface area contributed by atoms with E-state index in [4.69, 9.17) is 5.73 Å². The molecular weight excluding hydrogens is 288 g/mol. The van der Waals surface area contributed by atoms with E-state index in [0.717, 1.165) is 28.6 Å². The van der Waals surface area contributed by atoms with Crippen LogP contribution in [0.4, 0.5) is 17.3 Å². The maximum Gasteiger partial charge on any atom is 0.302 e. The van der Waals surface area contributed by atoms with Crippen LogP contribution in [0.3, 0.4) is 0 Å². The van der Waals surface area contributed by atoms with Crippen LogP contribution in [-0.2, 0) is 0 Å². The minimum atomic E-state index is -0.718. The van der Waals surface area contributed by atoms with Crippen LogP contribution in [0.1, 0.15) is 0 Å². The number of aromatic nitrogens is 3. The summed E-state index contributed by atoms with van der Waals surface area (Å²) >= 11 is 1.12. The number of nitrogens with two attached hydrogens (primary N) is 1. The van der Waals surface area contributed by atoms with Gasteiger partial charge in [-0.15, -0.1) is 5.10 Å². The third kappa shape index (κ3) is 2.25. The van der Waals surface area contributed by atoms with E-state index >= 15 is 0 Å². The zero-order chi connectivity index (χ0) is 14.9. The number of nitro benzene ring substituents is 2. The molecule has 0 saturated carbocycles. The number of anilines is 1. The van der Waals surface area contributed by atoms with Gasteiger partial charge in [-0.2, -0.15) is 9.67 Å². The Hall–Kier alpha value is -2.69. The first-order chi connectivity index (χ1) is 9.45. The fourth-order valence-corrected chi connectivity index (χ4v) is 2.11. The van der Waals surface area contributed by atoms with Gasteiger partial charge in [0.2, 0.25) is 11.6 Å². The van der Waals surface area contributed by atoms with Crippen LogP contribution in [0, 0.1) is 20.2 Å². The van der Waals surface area contributed by atoms with Crippen molar-refractivity contribution in [1.82, 2.24) is 14.8 Å². The molecule has 0 bridgehead atoms. The molecule has 1 heterocycles. The van der Waals surface area contributed by atoms with E-state index in [1.807, 2.05) is 0 Å². The number of nitrogen functional groups attached to an aromatic ring is 1. The Morgan fingerprint density at radius 1 is 1.25 bits per heavy atom. The average molecular weight is 296 g/mol. The molecular formula is C9H8N6O4S. The first-order valence-electron chi connectivity index (χ1n) is 5.14. The predicted molar refractivity (Wildman–Crippen MR) is 70.9 cm³/mol. The third-order valence-corrected chi connectivity index (χ3v) is 3.00. The zero-order valence-electron chi connectivity index (χ0n) is 10.1. The lowest BCUT2D eigenvalue weighted by Crippen LogP contribution is -2.07. The molecule has 0 aliphatic heterocycles. The highest BCUT2D eigenvalue weighted by atomic mass is 32.2. The Labute approximate surface area is 115 Å². The number of nitro groups is 2. The normalized spacial score (nSPS) is 10.4. The molecule has 0 radical (unpaired) electrons. The molecule has 0 spiro atoms. The number of benzene rings is 1. The largest absolute Gasteiger partial charge is 0.366 e. The monoisotopic (exact) mass is 296 g/mol. The van der Waals surface area contributed by atoms with E-state index in [9.17, 15) is 20.2 Å². The molecule has 2 rings (SSSR count). The number of thioether (sulfide) groups is 1. The van der Waals surface area contributed by atoms with E-state index in [1.54, 1.807) is 6.26 Å². The summed E-state index contributed by atoms with van der Waals surface area (Å²) < 4.78 is 1.01. The minimum absolute atomic E-state index is 0.123. The molecule has 1 aromatic carbocycles. The van der Waals surface area contributed by atoms with Crippen molar-refractivity contribution in [3.63, 3.8) is 0 Å². The lowest BCUT2D eigenvalue weighted by molar-refractivity contribution is -0.393. The molecule has 0 aliphatic rings. The van der Waals surface area contributed by atoms with Crippen molar-refractivity contribution in [1.29, 1.82) is 0 Å². The van der Waals surface area contributed by atoms with Crippen LogP contribution in [0.15, 0.2) is 23.4 Å². The maximum atomic E-state index is 11.1. The highest BCUT2D eigenvalue weighted by Crippen LogP contribution is 2.33. The van der Waals surface area contributed by atoms with Gasteiger partial charge in [-0.3, -0.25) is 20.2 Å². The highest BCUT2D eigenvalue weighted by molar-refractivity contribution is 7.98. The second-order valence-corrected chi connectivity index (χ2v) is 4.30. The summed E-state index contributed by atoms with van der Waals surface area (Å²) in [7, 11) is 0. The molecule has 10 nitrogen and oxygen atoms in total. The molecule has 11 heteroatoms. The van der Waals surface area contributed by atoms with Gasteiger partial charge >= 0.3 is 11.4 Å². The Bertz CT molecular complexity index is 667. The van der Waals surface area contributed by atoms with E-state index in [0.29, 0.717) is 0 Å². The SMILES string of the molecule is CSc1nc(N)nn1-c1c([N+](=O)[O-])cccc1[N+](=O)[O-]. The molecule has 2 aromatic rings. The van der Waals surface area contributed by atoms with Crippen molar-refractivity contribution >= 4 is 29.1 Å². The van der Waals surface area contributed by atoms with Gasteiger partial charge in [-0.25, -0.2) is 0 Å². The Kier molecular flexibility index (Phi) is 3.52. The van der Waals surface area contributed by atoms with Crippen molar-refractivity contribution < 1.29 is 9.85 Å². The molecule has 0 aliphatic carbocycles. The van der Waals surface area contributed by atoms with E-state index < -0.39 is 21.2 Å². The number of rotatable bonds is 4. The van der Waals surface area contributed by atoms with E-state index in [1.165, 1.54) is 6.07 Å². The summed E-state index contributed by atoms with van der Waals surface area (Å²) in [6.07, 6.45) is 1.65. The van der Waals surface area contributed by atoms with Gasteiger partial charge in [-0.1, -0.05) is 11.8 Å². The Morgan fingerprint density at radius 3 is 2.25 bits per heavy atom. The summed E-state index contributed by atoms with van der Waals surface area (Å²) in [5.41, 5.74) is 4.29. The topological polar surface area (TPSA) is 143 Å². The maximum absolute atomic E-state index is 11.1. The van der Waals surface area contributed by atoms with Crippen LogP contribution in [0.5, 0.6) is 0 Å². The molecule has 0 unspecified atom stereocenters. The van der Waals surface area contributed by atoms with Crippen molar-refractivity contribution in [3.8, 4) is 5.69 Å².